The van der Waals surface area contributed by atoms with Crippen LogP contribution >= 0.6 is 0 Å². The van der Waals surface area contributed by atoms with Gasteiger partial charge in [0.05, 0.1) is 6.04 Å². The second-order valence-corrected chi connectivity index (χ2v) is 10.1. The molecule has 0 heterocycles. The Morgan fingerprint density at radius 3 is 1.74 bits per heavy atom. The molecule has 1 atom stereocenters. The number of amides is 2. The molecule has 0 radical (unpaired) electrons. The highest BCUT2D eigenvalue weighted by Crippen LogP contribution is 2.10. The summed E-state index contributed by atoms with van der Waals surface area (Å²) in [5.41, 5.74) is 5.97. The summed E-state index contributed by atoms with van der Waals surface area (Å²) in [7, 11) is 0. The Morgan fingerprint density at radius 1 is 0.629 bits per heavy atom. The molecule has 0 aromatic carbocycles. The molecular weight excluding hydrogens is 434 g/mol. The van der Waals surface area contributed by atoms with Gasteiger partial charge in [0.15, 0.2) is 0 Å². The van der Waals surface area contributed by atoms with E-state index in [1.807, 2.05) is 0 Å². The molecule has 0 aromatic rings. The number of hydrogen-bond acceptors (Lipinski definition) is 3. The smallest absolute Gasteiger partial charge is 0.236 e. The molecule has 0 saturated heterocycles. The lowest BCUT2D eigenvalue weighted by Crippen LogP contribution is -2.41. The van der Waals surface area contributed by atoms with Crippen LogP contribution in [-0.4, -0.2) is 30.9 Å². The maximum absolute atomic E-state index is 12.0. The number of nitrogens with one attached hydrogen (secondary N) is 2. The average molecular weight is 494 g/mol. The number of allylic oxidation sites excluding steroid dienone is 2. The molecule has 0 aliphatic rings. The number of nitrogens with two attached hydrogens (primary N) is 1. The third-order valence-corrected chi connectivity index (χ3v) is 6.60. The van der Waals surface area contributed by atoms with E-state index in [9.17, 15) is 9.59 Å². The maximum atomic E-state index is 12.0. The molecule has 206 valence electrons. The highest BCUT2D eigenvalue weighted by Gasteiger charge is 2.12. The Bertz CT molecular complexity index is 508. The molecule has 0 bridgehead atoms. The molecule has 5 heteroatoms. The molecule has 0 unspecified atom stereocenters. The number of rotatable bonds is 26. The second-order valence-electron chi connectivity index (χ2n) is 10.1. The van der Waals surface area contributed by atoms with Crippen molar-refractivity contribution in [3.8, 4) is 0 Å². The summed E-state index contributed by atoms with van der Waals surface area (Å²) >= 11 is 0. The van der Waals surface area contributed by atoms with Gasteiger partial charge in [-0.25, -0.2) is 0 Å². The topological polar surface area (TPSA) is 84.2 Å². The van der Waals surface area contributed by atoms with E-state index < -0.39 is 6.04 Å². The first-order valence-corrected chi connectivity index (χ1v) is 15.1. The van der Waals surface area contributed by atoms with E-state index in [1.54, 1.807) is 0 Å². The molecule has 0 fully saturated rings. The van der Waals surface area contributed by atoms with E-state index in [1.165, 1.54) is 83.5 Å². The number of unbranched alkanes of at least 4 members (excludes halogenated alkanes) is 15. The third kappa shape index (κ3) is 25.5. The largest absolute Gasteiger partial charge is 0.356 e. The van der Waals surface area contributed by atoms with Crippen LogP contribution in [0.4, 0.5) is 0 Å². The van der Waals surface area contributed by atoms with Gasteiger partial charge in [-0.3, -0.25) is 9.59 Å². The van der Waals surface area contributed by atoms with Crippen LogP contribution in [0, 0.1) is 0 Å². The van der Waals surface area contributed by atoms with Gasteiger partial charge in [0.2, 0.25) is 11.8 Å². The lowest BCUT2D eigenvalue weighted by molar-refractivity contribution is -0.123. The number of carbonyl (C=O) groups is 2. The highest BCUT2D eigenvalue weighted by atomic mass is 16.2. The number of hydrogen-bond donors (Lipinski definition) is 3. The fourth-order valence-corrected chi connectivity index (χ4v) is 4.19. The van der Waals surface area contributed by atoms with Crippen LogP contribution in [0.25, 0.3) is 0 Å². The molecule has 4 N–H and O–H groups in total. The van der Waals surface area contributed by atoms with E-state index in [4.69, 9.17) is 5.73 Å². The van der Waals surface area contributed by atoms with Gasteiger partial charge in [-0.2, -0.15) is 0 Å². The van der Waals surface area contributed by atoms with Crippen molar-refractivity contribution >= 4 is 11.8 Å². The zero-order valence-electron chi connectivity index (χ0n) is 23.4. The predicted octanol–water partition coefficient (Wildman–Crippen LogP) is 7.33. The van der Waals surface area contributed by atoms with Crippen LogP contribution in [0.15, 0.2) is 12.2 Å². The summed E-state index contributed by atoms with van der Waals surface area (Å²) in [5.74, 6) is 0.103. The Balaban J connectivity index is 3.40. The molecule has 35 heavy (non-hydrogen) atoms. The van der Waals surface area contributed by atoms with Crippen LogP contribution in [0.2, 0.25) is 0 Å². The quantitative estimate of drug-likeness (QED) is 0.0870. The van der Waals surface area contributed by atoms with Crippen molar-refractivity contribution in [1.82, 2.24) is 10.6 Å². The van der Waals surface area contributed by atoms with E-state index in [-0.39, 0.29) is 11.8 Å². The van der Waals surface area contributed by atoms with Gasteiger partial charge >= 0.3 is 0 Å². The van der Waals surface area contributed by atoms with Gasteiger partial charge in [0, 0.05) is 19.5 Å². The minimum Gasteiger partial charge on any atom is -0.356 e. The van der Waals surface area contributed by atoms with Crippen LogP contribution in [0.5, 0.6) is 0 Å². The van der Waals surface area contributed by atoms with Gasteiger partial charge in [0.25, 0.3) is 0 Å². The molecule has 2 amide bonds. The van der Waals surface area contributed by atoms with Gasteiger partial charge in [-0.15, -0.1) is 0 Å². The summed E-state index contributed by atoms with van der Waals surface area (Å²) in [5, 5.41) is 5.92. The molecule has 0 aliphatic heterocycles. The minimum absolute atomic E-state index is 0.0466. The summed E-state index contributed by atoms with van der Waals surface area (Å²) < 4.78 is 0. The Morgan fingerprint density at radius 2 is 1.11 bits per heavy atom. The van der Waals surface area contributed by atoms with Gasteiger partial charge in [-0.1, -0.05) is 96.6 Å². The minimum atomic E-state index is -0.437. The Kier molecular flexibility index (Phi) is 26.2. The van der Waals surface area contributed by atoms with Gasteiger partial charge < -0.3 is 16.4 Å². The molecule has 5 nitrogen and oxygen atoms in total. The second kappa shape index (κ2) is 27.2. The lowest BCUT2D eigenvalue weighted by Gasteiger charge is -2.12. The fraction of sp³-hybridized carbons (Fsp3) is 0.867. The average Bonchev–Trinajstić information content (AvgIpc) is 2.85. The molecule has 0 saturated carbocycles. The Labute approximate surface area is 217 Å². The van der Waals surface area contributed by atoms with Crippen LogP contribution in [0.1, 0.15) is 149 Å². The SMILES string of the molecule is CCCCCCCC/C=C\CCCCCCCC(=O)NCCCC[C@H](N)C(=O)NCCCCCC. The normalized spacial score (nSPS) is 12.2. The first-order chi connectivity index (χ1) is 17.1. The monoisotopic (exact) mass is 493 g/mol. The van der Waals surface area contributed by atoms with Crippen molar-refractivity contribution in [2.75, 3.05) is 13.1 Å². The van der Waals surface area contributed by atoms with E-state index in [2.05, 4.69) is 36.6 Å². The van der Waals surface area contributed by atoms with Crippen LogP contribution in [-0.2, 0) is 9.59 Å². The van der Waals surface area contributed by atoms with Crippen molar-refractivity contribution in [3.05, 3.63) is 12.2 Å². The van der Waals surface area contributed by atoms with E-state index >= 15 is 0 Å². The summed E-state index contributed by atoms with van der Waals surface area (Å²) in [6.07, 6.45) is 28.8. The van der Waals surface area contributed by atoms with E-state index in [0.717, 1.165) is 45.1 Å². The summed E-state index contributed by atoms with van der Waals surface area (Å²) in [6, 6.07) is -0.437. The fourth-order valence-electron chi connectivity index (χ4n) is 4.19. The molecule has 0 aliphatic carbocycles. The zero-order chi connectivity index (χ0) is 25.8. The van der Waals surface area contributed by atoms with E-state index in [0.29, 0.717) is 19.4 Å². The Hall–Kier alpha value is -1.36. The van der Waals surface area contributed by atoms with Crippen LogP contribution in [0.3, 0.4) is 0 Å². The first-order valence-electron chi connectivity index (χ1n) is 15.1. The molecule has 0 aromatic heterocycles. The standard InChI is InChI=1S/C30H59N3O2/c1-3-5-7-9-10-11-12-13-14-15-16-17-18-19-20-25-29(34)32-26-23-21-24-28(31)30(35)33-27-22-8-6-4-2/h13-14,28H,3-12,15-27,31H2,1-2H3,(H,32,34)(H,33,35)/b14-13-/t28-/m0/s1. The van der Waals surface area contributed by atoms with Gasteiger partial charge in [-0.05, 0) is 57.8 Å². The molecule has 0 rings (SSSR count). The first kappa shape index (κ1) is 33.6. The lowest BCUT2D eigenvalue weighted by atomic mass is 10.1. The highest BCUT2D eigenvalue weighted by molar-refractivity contribution is 5.81. The molecular formula is C30H59N3O2. The van der Waals surface area contributed by atoms with Crippen molar-refractivity contribution in [3.63, 3.8) is 0 Å². The van der Waals surface area contributed by atoms with Crippen molar-refractivity contribution in [1.29, 1.82) is 0 Å². The van der Waals surface area contributed by atoms with Crippen molar-refractivity contribution < 1.29 is 9.59 Å². The zero-order valence-corrected chi connectivity index (χ0v) is 23.4. The maximum Gasteiger partial charge on any atom is 0.236 e. The summed E-state index contributed by atoms with van der Waals surface area (Å²) in [4.78, 5) is 23.9. The summed E-state index contributed by atoms with van der Waals surface area (Å²) in [6.45, 7) is 5.84. The van der Waals surface area contributed by atoms with Crippen molar-refractivity contribution in [2.45, 2.75) is 155 Å². The van der Waals surface area contributed by atoms with Crippen molar-refractivity contribution in [2.24, 2.45) is 5.73 Å². The third-order valence-electron chi connectivity index (χ3n) is 6.60. The van der Waals surface area contributed by atoms with Gasteiger partial charge in [0.1, 0.15) is 0 Å². The number of carbonyl (C=O) groups excluding carboxylic acids is 2. The van der Waals surface area contributed by atoms with Crippen LogP contribution < -0.4 is 16.4 Å². The predicted molar refractivity (Wildman–Crippen MR) is 151 cm³/mol. The molecule has 0 spiro atoms.